The molecule has 2 aliphatic rings. The van der Waals surface area contributed by atoms with E-state index in [0.717, 1.165) is 23.9 Å². The summed E-state index contributed by atoms with van der Waals surface area (Å²) < 4.78 is 5.26. The van der Waals surface area contributed by atoms with Crippen LogP contribution in [-0.4, -0.2) is 29.8 Å². The first-order valence-corrected chi connectivity index (χ1v) is 8.62. The van der Waals surface area contributed by atoms with E-state index >= 15 is 0 Å². The number of nitrogens with zero attached hydrogens (tertiary/aromatic N) is 2. The SMILES string of the molecule is COc1ccc(C2=CSC3=NC[C@@H](Cc4ccccc4)N23)cc1. The predicted molar refractivity (Wildman–Crippen MR) is 96.6 cm³/mol. The van der Waals surface area contributed by atoms with Crippen LogP contribution < -0.4 is 4.74 Å². The zero-order chi connectivity index (χ0) is 15.6. The molecule has 2 aromatic carbocycles. The highest BCUT2D eigenvalue weighted by Gasteiger charge is 2.34. The highest BCUT2D eigenvalue weighted by atomic mass is 32.2. The maximum absolute atomic E-state index is 5.26. The van der Waals surface area contributed by atoms with Crippen LogP contribution in [0.2, 0.25) is 0 Å². The first-order valence-electron chi connectivity index (χ1n) is 7.74. The van der Waals surface area contributed by atoms with Crippen LogP contribution >= 0.6 is 11.8 Å². The van der Waals surface area contributed by atoms with Crippen LogP contribution in [0.25, 0.3) is 5.70 Å². The van der Waals surface area contributed by atoms with E-state index in [2.05, 4.69) is 52.8 Å². The lowest BCUT2D eigenvalue weighted by Crippen LogP contribution is -2.33. The second-order valence-corrected chi connectivity index (χ2v) is 6.52. The van der Waals surface area contributed by atoms with Crippen molar-refractivity contribution in [2.24, 2.45) is 4.99 Å². The molecule has 0 radical (unpaired) electrons. The maximum atomic E-state index is 5.26. The number of aliphatic imine (C=N–C) groups is 1. The zero-order valence-corrected chi connectivity index (χ0v) is 13.8. The molecule has 0 saturated heterocycles. The largest absolute Gasteiger partial charge is 0.497 e. The Morgan fingerprint density at radius 3 is 2.65 bits per heavy atom. The molecule has 0 amide bonds. The number of fused-ring (bicyclic) bond motifs is 1. The average molecular weight is 322 g/mol. The first kappa shape index (κ1) is 14.4. The standard InChI is InChI=1S/C19H18N2OS/c1-22-17-9-7-15(8-10-17)18-13-23-19-20-12-16(21(18)19)11-14-5-3-2-4-6-14/h2-10,13,16H,11-12H2,1H3/t16-/m1/s1. The number of rotatable bonds is 4. The minimum Gasteiger partial charge on any atom is -0.497 e. The lowest BCUT2D eigenvalue weighted by molar-refractivity contribution is 0.414. The quantitative estimate of drug-likeness (QED) is 0.850. The summed E-state index contributed by atoms with van der Waals surface area (Å²) in [5, 5.41) is 3.33. The van der Waals surface area contributed by atoms with Crippen molar-refractivity contribution < 1.29 is 4.74 Å². The molecule has 0 N–H and O–H groups in total. The molecule has 23 heavy (non-hydrogen) atoms. The van der Waals surface area contributed by atoms with Crippen molar-refractivity contribution in [3.05, 3.63) is 71.1 Å². The number of amidine groups is 1. The highest BCUT2D eigenvalue weighted by Crippen LogP contribution is 2.39. The van der Waals surface area contributed by atoms with Crippen LogP contribution in [0.5, 0.6) is 5.75 Å². The van der Waals surface area contributed by atoms with Gasteiger partial charge in [0, 0.05) is 5.41 Å². The fourth-order valence-corrected chi connectivity index (χ4v) is 4.04. The number of thioether (sulfide) groups is 1. The molecule has 1 atom stereocenters. The fraction of sp³-hybridized carbons (Fsp3) is 0.211. The van der Waals surface area contributed by atoms with Crippen molar-refractivity contribution in [3.63, 3.8) is 0 Å². The van der Waals surface area contributed by atoms with E-state index in [9.17, 15) is 0 Å². The third-order valence-electron chi connectivity index (χ3n) is 4.24. The van der Waals surface area contributed by atoms with Gasteiger partial charge in [-0.1, -0.05) is 42.1 Å². The second-order valence-electron chi connectivity index (χ2n) is 5.69. The molecule has 0 spiro atoms. The van der Waals surface area contributed by atoms with Gasteiger partial charge in [-0.05, 0) is 41.8 Å². The van der Waals surface area contributed by atoms with Crippen molar-refractivity contribution in [2.75, 3.05) is 13.7 Å². The Hall–Kier alpha value is -2.20. The Bertz CT molecular complexity index is 753. The zero-order valence-electron chi connectivity index (χ0n) is 13.0. The average Bonchev–Trinajstić information content (AvgIpc) is 3.19. The van der Waals surface area contributed by atoms with Crippen LogP contribution in [-0.2, 0) is 6.42 Å². The van der Waals surface area contributed by atoms with Crippen molar-refractivity contribution in [3.8, 4) is 5.75 Å². The maximum Gasteiger partial charge on any atom is 0.168 e. The van der Waals surface area contributed by atoms with Crippen molar-refractivity contribution >= 4 is 22.6 Å². The Kier molecular flexibility index (Phi) is 3.83. The third kappa shape index (κ3) is 2.75. The molecule has 2 aliphatic heterocycles. The third-order valence-corrected chi connectivity index (χ3v) is 5.12. The van der Waals surface area contributed by atoms with Crippen molar-refractivity contribution in [1.29, 1.82) is 0 Å². The fourth-order valence-electron chi connectivity index (χ4n) is 3.07. The Morgan fingerprint density at radius 1 is 1.13 bits per heavy atom. The van der Waals surface area contributed by atoms with Gasteiger partial charge >= 0.3 is 0 Å². The van der Waals surface area contributed by atoms with Crippen molar-refractivity contribution in [2.45, 2.75) is 12.5 Å². The Labute approximate surface area is 140 Å². The molecule has 3 nitrogen and oxygen atoms in total. The van der Waals surface area contributed by atoms with Gasteiger partial charge in [0.25, 0.3) is 0 Å². The molecule has 0 aromatic heterocycles. The predicted octanol–water partition coefficient (Wildman–Crippen LogP) is 4.02. The number of methoxy groups -OCH3 is 1. The molecule has 2 aromatic rings. The summed E-state index contributed by atoms with van der Waals surface area (Å²) in [7, 11) is 1.70. The van der Waals surface area contributed by atoms with Gasteiger partial charge in [-0.2, -0.15) is 0 Å². The lowest BCUT2D eigenvalue weighted by Gasteiger charge is -2.26. The minimum absolute atomic E-state index is 0.399. The van der Waals surface area contributed by atoms with Crippen LogP contribution in [0.15, 0.2) is 65.0 Å². The molecule has 4 heteroatoms. The molecule has 0 saturated carbocycles. The van der Waals surface area contributed by atoms with Gasteiger partial charge in [-0.3, -0.25) is 4.99 Å². The summed E-state index contributed by atoms with van der Waals surface area (Å²) in [6.45, 7) is 0.866. The second kappa shape index (κ2) is 6.13. The summed E-state index contributed by atoms with van der Waals surface area (Å²) >= 11 is 1.72. The smallest absolute Gasteiger partial charge is 0.168 e. The normalized spacial score (nSPS) is 19.3. The molecule has 0 fully saturated rings. The van der Waals surface area contributed by atoms with Gasteiger partial charge in [0.2, 0.25) is 0 Å². The van der Waals surface area contributed by atoms with Crippen LogP contribution in [0.1, 0.15) is 11.1 Å². The molecule has 0 aliphatic carbocycles. The van der Waals surface area contributed by atoms with Gasteiger partial charge < -0.3 is 9.64 Å². The van der Waals surface area contributed by atoms with E-state index < -0.39 is 0 Å². The van der Waals surface area contributed by atoms with Gasteiger partial charge in [0.15, 0.2) is 5.17 Å². The van der Waals surface area contributed by atoms with E-state index in [4.69, 9.17) is 9.73 Å². The van der Waals surface area contributed by atoms with Gasteiger partial charge in [-0.25, -0.2) is 0 Å². The molecule has 4 rings (SSSR count). The van der Waals surface area contributed by atoms with E-state index in [1.807, 2.05) is 12.1 Å². The number of hydrogen-bond donors (Lipinski definition) is 0. The van der Waals surface area contributed by atoms with Crippen molar-refractivity contribution in [1.82, 2.24) is 4.90 Å². The van der Waals surface area contributed by atoms with Gasteiger partial charge in [-0.15, -0.1) is 0 Å². The minimum atomic E-state index is 0.399. The number of benzene rings is 2. The highest BCUT2D eigenvalue weighted by molar-refractivity contribution is 8.16. The summed E-state index contributed by atoms with van der Waals surface area (Å²) in [6.07, 6.45) is 1.02. The number of hydrogen-bond acceptors (Lipinski definition) is 4. The van der Waals surface area contributed by atoms with E-state index in [1.165, 1.54) is 16.8 Å². The van der Waals surface area contributed by atoms with E-state index in [-0.39, 0.29) is 0 Å². The molecule has 0 bridgehead atoms. The topological polar surface area (TPSA) is 24.8 Å². The molecule has 116 valence electrons. The molecular formula is C19H18N2OS. The molecular weight excluding hydrogens is 304 g/mol. The molecule has 0 unspecified atom stereocenters. The molecule has 2 heterocycles. The van der Waals surface area contributed by atoms with Crippen LogP contribution in [0.3, 0.4) is 0 Å². The van der Waals surface area contributed by atoms with Gasteiger partial charge in [0.05, 0.1) is 25.4 Å². The summed E-state index contributed by atoms with van der Waals surface area (Å²) in [5.41, 5.74) is 3.82. The van der Waals surface area contributed by atoms with E-state index in [1.54, 1.807) is 18.9 Å². The van der Waals surface area contributed by atoms with Crippen LogP contribution in [0.4, 0.5) is 0 Å². The monoisotopic (exact) mass is 322 g/mol. The first-order chi connectivity index (χ1) is 11.3. The Balaban J connectivity index is 1.58. The van der Waals surface area contributed by atoms with Crippen LogP contribution in [0, 0.1) is 0 Å². The van der Waals surface area contributed by atoms with Gasteiger partial charge in [0.1, 0.15) is 5.75 Å². The summed E-state index contributed by atoms with van der Waals surface area (Å²) in [6, 6.07) is 19.3. The summed E-state index contributed by atoms with van der Waals surface area (Å²) in [5.74, 6) is 0.885. The van der Waals surface area contributed by atoms with E-state index in [0.29, 0.717) is 6.04 Å². The lowest BCUT2D eigenvalue weighted by atomic mass is 10.0. The Morgan fingerprint density at radius 2 is 1.91 bits per heavy atom. The summed E-state index contributed by atoms with van der Waals surface area (Å²) in [4.78, 5) is 7.10. The number of ether oxygens (including phenoxy) is 1.